The highest BCUT2D eigenvalue weighted by atomic mass is 16.2. The molecule has 0 atom stereocenters. The zero-order chi connectivity index (χ0) is 12.8. The highest BCUT2D eigenvalue weighted by Crippen LogP contribution is 2.11. The molecular weight excluding hydrogens is 224 g/mol. The Balaban J connectivity index is 2.72. The molecule has 0 aliphatic heterocycles. The number of fused-ring (bicyclic) bond motifs is 1. The molecule has 0 aromatic heterocycles. The number of rotatable bonds is 0. The Kier molecular flexibility index (Phi) is 3.82. The molecule has 0 saturated carbocycles. The molecule has 0 radical (unpaired) electrons. The van der Waals surface area contributed by atoms with Crippen LogP contribution in [-0.4, -0.2) is 0 Å². The molecule has 0 aromatic carbocycles. The zero-order valence-corrected chi connectivity index (χ0v) is 9.74. The fourth-order valence-electron chi connectivity index (χ4n) is 1.62. The van der Waals surface area contributed by atoms with Crippen LogP contribution in [0.1, 0.15) is 0 Å². The first-order valence-corrected chi connectivity index (χ1v) is 5.65. The summed E-state index contributed by atoms with van der Waals surface area (Å²) >= 11 is 0. The van der Waals surface area contributed by atoms with Crippen molar-refractivity contribution in [3.05, 3.63) is 93.2 Å². The molecule has 2 heteroatoms. The van der Waals surface area contributed by atoms with Gasteiger partial charge in [-0.25, -0.2) is 0 Å². The molecule has 0 bridgehead atoms. The average Bonchev–Trinajstić information content (AvgIpc) is 2.63. The molecule has 0 amide bonds. The maximum Gasteiger partial charge on any atom is 0.233 e. The Morgan fingerprint density at radius 2 is 1.11 bits per heavy atom. The van der Waals surface area contributed by atoms with Crippen molar-refractivity contribution < 1.29 is 0 Å². The molecular formula is C16H12O2. The van der Waals surface area contributed by atoms with Gasteiger partial charge in [-0.2, -0.15) is 0 Å². The van der Waals surface area contributed by atoms with E-state index in [9.17, 15) is 9.59 Å². The predicted octanol–water partition coefficient (Wildman–Crippen LogP) is 2.64. The van der Waals surface area contributed by atoms with Crippen molar-refractivity contribution in [2.75, 3.05) is 0 Å². The molecule has 0 spiro atoms. The second kappa shape index (κ2) is 5.73. The van der Waals surface area contributed by atoms with Gasteiger partial charge in [-0.15, -0.1) is 0 Å². The van der Waals surface area contributed by atoms with Crippen molar-refractivity contribution in [1.82, 2.24) is 0 Å². The van der Waals surface area contributed by atoms with Crippen LogP contribution < -0.4 is 10.9 Å². The van der Waals surface area contributed by atoms with Gasteiger partial charge in [0.15, 0.2) is 0 Å². The van der Waals surface area contributed by atoms with Gasteiger partial charge < -0.3 is 0 Å². The highest BCUT2D eigenvalue weighted by Gasteiger charge is 2.07. The second-order valence-corrected chi connectivity index (χ2v) is 3.77. The van der Waals surface area contributed by atoms with Gasteiger partial charge in [-0.05, 0) is 11.6 Å². The van der Waals surface area contributed by atoms with Gasteiger partial charge in [0.05, 0.1) is 0 Å². The van der Waals surface area contributed by atoms with Gasteiger partial charge in [0.25, 0.3) is 0 Å². The molecule has 0 heterocycles. The van der Waals surface area contributed by atoms with Crippen molar-refractivity contribution in [3.63, 3.8) is 0 Å². The van der Waals surface area contributed by atoms with Gasteiger partial charge in [-0.3, -0.25) is 9.59 Å². The molecule has 2 nitrogen and oxygen atoms in total. The van der Waals surface area contributed by atoms with Crippen molar-refractivity contribution in [2.24, 2.45) is 0 Å². The summed E-state index contributed by atoms with van der Waals surface area (Å²) in [5, 5.41) is 0. The van der Waals surface area contributed by atoms with Gasteiger partial charge in [0.2, 0.25) is 10.9 Å². The van der Waals surface area contributed by atoms with E-state index in [2.05, 4.69) is 0 Å². The topological polar surface area (TPSA) is 34.1 Å². The van der Waals surface area contributed by atoms with Crippen molar-refractivity contribution >= 4 is 0 Å². The van der Waals surface area contributed by atoms with Crippen LogP contribution in [0, 0.1) is 0 Å². The first-order valence-electron chi connectivity index (χ1n) is 5.65. The van der Waals surface area contributed by atoms with E-state index in [1.165, 1.54) is 6.07 Å². The Labute approximate surface area is 105 Å². The monoisotopic (exact) mass is 236 g/mol. The first-order chi connectivity index (χ1) is 8.79. The van der Waals surface area contributed by atoms with E-state index in [4.69, 9.17) is 0 Å². The number of hydrogen-bond donors (Lipinski definition) is 0. The van der Waals surface area contributed by atoms with E-state index in [0.717, 1.165) is 0 Å². The Bertz CT molecular complexity index is 691. The molecule has 18 heavy (non-hydrogen) atoms. The van der Waals surface area contributed by atoms with Crippen LogP contribution in [-0.2, 0) is 0 Å². The fourth-order valence-corrected chi connectivity index (χ4v) is 1.62. The second-order valence-electron chi connectivity index (χ2n) is 3.77. The van der Waals surface area contributed by atoms with E-state index in [1.54, 1.807) is 24.3 Å². The van der Waals surface area contributed by atoms with E-state index in [1.807, 2.05) is 42.5 Å². The molecule has 0 aromatic rings. The van der Waals surface area contributed by atoms with E-state index in [-0.39, 0.29) is 0 Å². The SMILES string of the molecule is O=c1cc2cccccccccccc-2c1=O. The summed E-state index contributed by atoms with van der Waals surface area (Å²) in [7, 11) is 0. The van der Waals surface area contributed by atoms with Crippen LogP contribution in [0.4, 0.5) is 0 Å². The lowest BCUT2D eigenvalue weighted by Crippen LogP contribution is -2.16. The van der Waals surface area contributed by atoms with Crippen LogP contribution in [0.3, 0.4) is 0 Å². The lowest BCUT2D eigenvalue weighted by atomic mass is 10.2. The minimum Gasteiger partial charge on any atom is -0.286 e. The summed E-state index contributed by atoms with van der Waals surface area (Å²) in [6.07, 6.45) is 0. The third kappa shape index (κ3) is 2.80. The summed E-state index contributed by atoms with van der Waals surface area (Å²) in [6, 6.07) is 21.5. The molecule has 88 valence electrons. The lowest BCUT2D eigenvalue weighted by Gasteiger charge is -1.86. The molecule has 0 fully saturated rings. The Hall–Kier alpha value is -2.48. The fraction of sp³-hybridized carbons (Fsp3) is 0. The first kappa shape index (κ1) is 12.0. The maximum absolute atomic E-state index is 11.6. The summed E-state index contributed by atoms with van der Waals surface area (Å²) in [4.78, 5) is 23.0. The molecule has 0 N–H and O–H groups in total. The third-order valence-corrected chi connectivity index (χ3v) is 2.49. The van der Waals surface area contributed by atoms with E-state index < -0.39 is 10.9 Å². The van der Waals surface area contributed by atoms with Crippen molar-refractivity contribution in [2.45, 2.75) is 0 Å². The quantitative estimate of drug-likeness (QED) is 0.659. The lowest BCUT2D eigenvalue weighted by molar-refractivity contribution is 1.60. The molecule has 2 rings (SSSR count). The van der Waals surface area contributed by atoms with Gasteiger partial charge in [0, 0.05) is 5.56 Å². The smallest absolute Gasteiger partial charge is 0.233 e. The van der Waals surface area contributed by atoms with Crippen LogP contribution in [0.5, 0.6) is 0 Å². The Morgan fingerprint density at radius 1 is 0.611 bits per heavy atom. The maximum atomic E-state index is 11.6. The van der Waals surface area contributed by atoms with Crippen LogP contribution in [0.2, 0.25) is 0 Å². The summed E-state index contributed by atoms with van der Waals surface area (Å²) < 4.78 is 0. The predicted molar refractivity (Wildman–Crippen MR) is 73.2 cm³/mol. The summed E-state index contributed by atoms with van der Waals surface area (Å²) in [5.41, 5.74) is 0.203. The third-order valence-electron chi connectivity index (χ3n) is 2.49. The molecule has 0 unspecified atom stereocenters. The largest absolute Gasteiger partial charge is 0.286 e. The number of hydrogen-bond acceptors (Lipinski definition) is 2. The average molecular weight is 236 g/mol. The van der Waals surface area contributed by atoms with Crippen LogP contribution >= 0.6 is 0 Å². The summed E-state index contributed by atoms with van der Waals surface area (Å²) in [5.74, 6) is 0. The van der Waals surface area contributed by atoms with Crippen LogP contribution in [0.25, 0.3) is 11.1 Å². The highest BCUT2D eigenvalue weighted by molar-refractivity contribution is 5.64. The molecule has 0 saturated heterocycles. The van der Waals surface area contributed by atoms with Crippen LogP contribution in [0.15, 0.2) is 82.4 Å². The van der Waals surface area contributed by atoms with Crippen molar-refractivity contribution in [1.29, 1.82) is 0 Å². The standard InChI is InChI=1S/C16H12O2/c17-15-12-13-10-8-6-4-2-1-3-5-7-9-11-14(13)16(15)18/h1-12H. The van der Waals surface area contributed by atoms with Gasteiger partial charge in [-0.1, -0.05) is 66.7 Å². The van der Waals surface area contributed by atoms with E-state index in [0.29, 0.717) is 11.1 Å². The zero-order valence-electron chi connectivity index (χ0n) is 9.74. The molecule has 2 aliphatic rings. The van der Waals surface area contributed by atoms with Gasteiger partial charge in [0.1, 0.15) is 0 Å². The van der Waals surface area contributed by atoms with Crippen molar-refractivity contribution in [3.8, 4) is 11.1 Å². The Morgan fingerprint density at radius 3 is 1.72 bits per heavy atom. The normalized spacial score (nSPS) is 9.56. The van der Waals surface area contributed by atoms with Gasteiger partial charge >= 0.3 is 0 Å². The van der Waals surface area contributed by atoms with E-state index >= 15 is 0 Å². The minimum atomic E-state index is -0.458. The summed E-state index contributed by atoms with van der Waals surface area (Å²) in [6.45, 7) is 0. The minimum absolute atomic E-state index is 0.444. The molecule has 2 aliphatic carbocycles.